The van der Waals surface area contributed by atoms with Crippen LogP contribution in [0.2, 0.25) is 0 Å². The highest BCUT2D eigenvalue weighted by Crippen LogP contribution is 1.98. The zero-order valence-electron chi connectivity index (χ0n) is 5.99. The largest absolute Gasteiger partial charge is 0.368 e. The molecule has 1 rings (SSSR count). The van der Waals surface area contributed by atoms with Crippen molar-refractivity contribution in [3.05, 3.63) is 18.5 Å². The highest BCUT2D eigenvalue weighted by Gasteiger charge is 1.97. The first-order valence-corrected chi connectivity index (χ1v) is 3.09. The van der Waals surface area contributed by atoms with E-state index in [-0.39, 0.29) is 11.9 Å². The van der Waals surface area contributed by atoms with E-state index in [0.717, 1.165) is 0 Å². The number of hydrogen-bond donors (Lipinski definition) is 2. The number of allylic oxidation sites excluding steroid dienone is 1. The molecule has 5 heteroatoms. The van der Waals surface area contributed by atoms with Crippen LogP contribution >= 0.6 is 0 Å². The molecule has 1 aromatic heterocycles. The van der Waals surface area contributed by atoms with Gasteiger partial charge >= 0.3 is 0 Å². The van der Waals surface area contributed by atoms with Crippen LogP contribution in [0.4, 0.5) is 11.9 Å². The molecule has 0 saturated carbocycles. The first kappa shape index (κ1) is 7.46. The Kier molecular flexibility index (Phi) is 2.00. The number of nitrogens with zero attached hydrogens (tertiary/aromatic N) is 3. The van der Waals surface area contributed by atoms with Crippen molar-refractivity contribution in [3.63, 3.8) is 0 Å². The first-order valence-electron chi connectivity index (χ1n) is 3.09. The second-order valence-corrected chi connectivity index (χ2v) is 1.96. The normalized spacial score (nSPS) is 9.45. The molecule has 5 nitrogen and oxygen atoms in total. The molecule has 0 aliphatic carbocycles. The number of aromatic nitrogens is 3. The van der Waals surface area contributed by atoms with Crippen molar-refractivity contribution in [2.75, 3.05) is 11.5 Å². The lowest BCUT2D eigenvalue weighted by atomic mass is 10.4. The van der Waals surface area contributed by atoms with Gasteiger partial charge in [-0.1, -0.05) is 6.08 Å². The summed E-state index contributed by atoms with van der Waals surface area (Å²) in [6.07, 6.45) is 2.23. The van der Waals surface area contributed by atoms with Crippen molar-refractivity contribution >= 4 is 11.9 Å². The predicted molar refractivity (Wildman–Crippen MR) is 42.6 cm³/mol. The molecule has 4 N–H and O–H groups in total. The Morgan fingerprint density at radius 1 is 1.18 bits per heavy atom. The second-order valence-electron chi connectivity index (χ2n) is 1.96. The summed E-state index contributed by atoms with van der Waals surface area (Å²) in [7, 11) is 0. The van der Waals surface area contributed by atoms with Gasteiger partial charge < -0.3 is 11.5 Å². The Morgan fingerprint density at radius 2 is 1.73 bits per heavy atom. The van der Waals surface area contributed by atoms with E-state index in [1.54, 1.807) is 6.08 Å². The summed E-state index contributed by atoms with van der Waals surface area (Å²) in [5.74, 6) is 0.841. The Labute approximate surface area is 64.2 Å². The highest BCUT2D eigenvalue weighted by atomic mass is 15.1. The summed E-state index contributed by atoms with van der Waals surface area (Å²) in [6.45, 7) is 3.53. The molecule has 0 spiro atoms. The molecule has 1 heterocycles. The molecule has 0 atom stereocenters. The fourth-order valence-electron chi connectivity index (χ4n) is 0.677. The monoisotopic (exact) mass is 151 g/mol. The summed E-state index contributed by atoms with van der Waals surface area (Å²) < 4.78 is 0. The van der Waals surface area contributed by atoms with E-state index in [4.69, 9.17) is 11.5 Å². The lowest BCUT2D eigenvalue weighted by Crippen LogP contribution is -2.05. The summed E-state index contributed by atoms with van der Waals surface area (Å²) in [5.41, 5.74) is 10.6. The third-order valence-electron chi connectivity index (χ3n) is 1.04. The zero-order chi connectivity index (χ0) is 8.27. The van der Waals surface area contributed by atoms with Crippen LogP contribution in [0.3, 0.4) is 0 Å². The molecular weight excluding hydrogens is 142 g/mol. The maximum atomic E-state index is 5.31. The van der Waals surface area contributed by atoms with Crippen LogP contribution in [0, 0.1) is 0 Å². The average molecular weight is 151 g/mol. The fraction of sp³-hybridized carbons (Fsp3) is 0.167. The summed E-state index contributed by atoms with van der Waals surface area (Å²) in [6, 6.07) is 0. The fourth-order valence-corrected chi connectivity index (χ4v) is 0.677. The minimum absolute atomic E-state index is 0.148. The standard InChI is InChI=1S/C6H9N5/c1-2-3-4-9-5(7)11-6(8)10-4/h2H,1,3H2,(H4,7,8,9,10,11). The number of anilines is 2. The van der Waals surface area contributed by atoms with Gasteiger partial charge in [-0.25, -0.2) is 0 Å². The SMILES string of the molecule is C=CCc1nc(N)nc(N)n1. The first-order chi connectivity index (χ1) is 5.22. The number of nitrogens with two attached hydrogens (primary N) is 2. The van der Waals surface area contributed by atoms with E-state index in [2.05, 4.69) is 21.5 Å². The quantitative estimate of drug-likeness (QED) is 0.569. The average Bonchev–Trinajstić information content (AvgIpc) is 1.85. The predicted octanol–water partition coefficient (Wildman–Crippen LogP) is -0.236. The van der Waals surface area contributed by atoms with E-state index in [1.165, 1.54) is 0 Å². The van der Waals surface area contributed by atoms with Crippen LogP contribution in [0.1, 0.15) is 5.82 Å². The molecular formula is C6H9N5. The van der Waals surface area contributed by atoms with E-state index in [0.29, 0.717) is 12.2 Å². The minimum atomic E-state index is 0.148. The number of hydrogen-bond acceptors (Lipinski definition) is 5. The zero-order valence-corrected chi connectivity index (χ0v) is 5.99. The van der Waals surface area contributed by atoms with Crippen molar-refractivity contribution in [1.82, 2.24) is 15.0 Å². The molecule has 0 bridgehead atoms. The Morgan fingerprint density at radius 3 is 2.18 bits per heavy atom. The molecule has 11 heavy (non-hydrogen) atoms. The molecule has 0 aliphatic rings. The maximum absolute atomic E-state index is 5.31. The smallest absolute Gasteiger partial charge is 0.225 e. The molecule has 0 amide bonds. The van der Waals surface area contributed by atoms with Crippen LogP contribution in [-0.4, -0.2) is 15.0 Å². The van der Waals surface area contributed by atoms with Gasteiger partial charge in [-0.3, -0.25) is 0 Å². The second kappa shape index (κ2) is 2.96. The van der Waals surface area contributed by atoms with Crippen molar-refractivity contribution in [2.45, 2.75) is 6.42 Å². The van der Waals surface area contributed by atoms with Crippen molar-refractivity contribution < 1.29 is 0 Å². The maximum Gasteiger partial charge on any atom is 0.225 e. The molecule has 0 fully saturated rings. The number of rotatable bonds is 2. The molecule has 0 radical (unpaired) electrons. The Bertz CT molecular complexity index is 249. The summed E-state index contributed by atoms with van der Waals surface area (Å²) in [4.78, 5) is 11.3. The molecule has 0 unspecified atom stereocenters. The molecule has 0 saturated heterocycles. The van der Waals surface area contributed by atoms with E-state index < -0.39 is 0 Å². The van der Waals surface area contributed by atoms with Crippen molar-refractivity contribution in [3.8, 4) is 0 Å². The minimum Gasteiger partial charge on any atom is -0.368 e. The van der Waals surface area contributed by atoms with Crippen LogP contribution in [-0.2, 0) is 6.42 Å². The van der Waals surface area contributed by atoms with Gasteiger partial charge in [0.1, 0.15) is 5.82 Å². The number of nitrogen functional groups attached to an aromatic ring is 2. The van der Waals surface area contributed by atoms with Crippen molar-refractivity contribution in [1.29, 1.82) is 0 Å². The lowest BCUT2D eigenvalue weighted by molar-refractivity contribution is 0.956. The van der Waals surface area contributed by atoms with E-state index in [1.807, 2.05) is 0 Å². The van der Waals surface area contributed by atoms with Crippen molar-refractivity contribution in [2.24, 2.45) is 0 Å². The van der Waals surface area contributed by atoms with Crippen LogP contribution in [0.15, 0.2) is 12.7 Å². The van der Waals surface area contributed by atoms with E-state index >= 15 is 0 Å². The van der Waals surface area contributed by atoms with Gasteiger partial charge in [-0.05, 0) is 0 Å². The highest BCUT2D eigenvalue weighted by molar-refractivity contribution is 5.26. The van der Waals surface area contributed by atoms with Gasteiger partial charge in [0.2, 0.25) is 11.9 Å². The molecule has 1 aromatic rings. The van der Waals surface area contributed by atoms with Gasteiger partial charge in [-0.15, -0.1) is 6.58 Å². The van der Waals surface area contributed by atoms with Gasteiger partial charge in [0.05, 0.1) is 0 Å². The molecule has 0 aliphatic heterocycles. The van der Waals surface area contributed by atoms with Crippen LogP contribution < -0.4 is 11.5 Å². The Hall–Kier alpha value is -1.65. The van der Waals surface area contributed by atoms with E-state index in [9.17, 15) is 0 Å². The van der Waals surface area contributed by atoms with Gasteiger partial charge in [0, 0.05) is 6.42 Å². The topological polar surface area (TPSA) is 90.7 Å². The van der Waals surface area contributed by atoms with Gasteiger partial charge in [-0.2, -0.15) is 15.0 Å². The van der Waals surface area contributed by atoms with Crippen LogP contribution in [0.5, 0.6) is 0 Å². The molecule has 58 valence electrons. The molecule has 0 aromatic carbocycles. The lowest BCUT2D eigenvalue weighted by Gasteiger charge is -1.97. The summed E-state index contributed by atoms with van der Waals surface area (Å²) >= 11 is 0. The van der Waals surface area contributed by atoms with Crippen LogP contribution in [0.25, 0.3) is 0 Å². The van der Waals surface area contributed by atoms with Gasteiger partial charge in [0.25, 0.3) is 0 Å². The summed E-state index contributed by atoms with van der Waals surface area (Å²) in [5, 5.41) is 0. The third kappa shape index (κ3) is 1.89. The van der Waals surface area contributed by atoms with Gasteiger partial charge in [0.15, 0.2) is 0 Å². The Balaban J connectivity index is 2.98. The third-order valence-corrected chi connectivity index (χ3v) is 1.04.